The highest BCUT2D eigenvalue weighted by molar-refractivity contribution is 5.85. The van der Waals surface area contributed by atoms with Gasteiger partial charge in [0, 0.05) is 17.2 Å². The summed E-state index contributed by atoms with van der Waals surface area (Å²) in [6.45, 7) is 0. The SMILES string of the molecule is Nc1nc(-c2ccccc2F)c(-c2c(F)cnc(N)c2F)cc1[N+](=O)[O-]. The lowest BCUT2D eigenvalue weighted by molar-refractivity contribution is -0.384. The van der Waals surface area contributed by atoms with Crippen molar-refractivity contribution >= 4 is 17.3 Å². The van der Waals surface area contributed by atoms with Crippen molar-refractivity contribution in [3.05, 3.63) is 64.1 Å². The molecule has 0 saturated heterocycles. The maximum Gasteiger partial charge on any atom is 0.311 e. The van der Waals surface area contributed by atoms with Gasteiger partial charge < -0.3 is 11.5 Å². The van der Waals surface area contributed by atoms with Crippen LogP contribution in [-0.2, 0) is 0 Å². The van der Waals surface area contributed by atoms with Crippen LogP contribution >= 0.6 is 0 Å². The molecular weight excluding hydrogens is 351 g/mol. The van der Waals surface area contributed by atoms with Crippen molar-refractivity contribution in [3.63, 3.8) is 0 Å². The summed E-state index contributed by atoms with van der Waals surface area (Å²) in [4.78, 5) is 17.4. The molecule has 132 valence electrons. The standard InChI is InChI=1S/C16H10F3N5O2/c17-9-4-2-1-3-7(9)14-8(5-11(24(25)26)15(20)23-14)12-10(18)6-22-16(21)13(12)19/h1-6H,(H2,20,23)(H2,21,22). The number of aromatic nitrogens is 2. The molecule has 0 aliphatic carbocycles. The fourth-order valence-electron chi connectivity index (χ4n) is 2.44. The normalized spacial score (nSPS) is 10.7. The molecular formula is C16H10F3N5O2. The molecule has 7 nitrogen and oxygen atoms in total. The Labute approximate surface area is 144 Å². The summed E-state index contributed by atoms with van der Waals surface area (Å²) in [5, 5.41) is 11.1. The van der Waals surface area contributed by atoms with Crippen LogP contribution in [0.1, 0.15) is 0 Å². The van der Waals surface area contributed by atoms with Crippen LogP contribution in [-0.4, -0.2) is 14.9 Å². The zero-order valence-corrected chi connectivity index (χ0v) is 12.9. The maximum absolute atomic E-state index is 14.4. The van der Waals surface area contributed by atoms with Gasteiger partial charge in [0.25, 0.3) is 0 Å². The van der Waals surface area contributed by atoms with Gasteiger partial charge in [0.15, 0.2) is 17.5 Å². The third-order valence-corrected chi connectivity index (χ3v) is 3.63. The van der Waals surface area contributed by atoms with E-state index in [4.69, 9.17) is 11.5 Å². The molecule has 2 aromatic heterocycles. The Bertz CT molecular complexity index is 1040. The summed E-state index contributed by atoms with van der Waals surface area (Å²) < 4.78 is 42.9. The van der Waals surface area contributed by atoms with E-state index in [2.05, 4.69) is 9.97 Å². The van der Waals surface area contributed by atoms with Gasteiger partial charge in [-0.3, -0.25) is 10.1 Å². The smallest absolute Gasteiger partial charge is 0.311 e. The first-order chi connectivity index (χ1) is 12.3. The Morgan fingerprint density at radius 1 is 1.00 bits per heavy atom. The van der Waals surface area contributed by atoms with Crippen molar-refractivity contribution in [2.45, 2.75) is 0 Å². The number of nitrogens with zero attached hydrogens (tertiary/aromatic N) is 3. The van der Waals surface area contributed by atoms with E-state index in [0.717, 1.165) is 12.1 Å². The predicted molar refractivity (Wildman–Crippen MR) is 88.3 cm³/mol. The lowest BCUT2D eigenvalue weighted by atomic mass is 9.98. The molecule has 0 radical (unpaired) electrons. The highest BCUT2D eigenvalue weighted by Gasteiger charge is 2.26. The molecule has 4 N–H and O–H groups in total. The average Bonchev–Trinajstić information content (AvgIpc) is 2.59. The molecule has 26 heavy (non-hydrogen) atoms. The number of pyridine rings is 2. The van der Waals surface area contributed by atoms with Crippen LogP contribution in [0, 0.1) is 27.6 Å². The number of halogens is 3. The minimum absolute atomic E-state index is 0.140. The van der Waals surface area contributed by atoms with Gasteiger partial charge in [-0.25, -0.2) is 23.1 Å². The van der Waals surface area contributed by atoms with Gasteiger partial charge >= 0.3 is 5.69 Å². The molecule has 0 atom stereocenters. The Balaban J connectivity index is 2.44. The van der Waals surface area contributed by atoms with E-state index in [1.807, 2.05) is 0 Å². The van der Waals surface area contributed by atoms with Gasteiger partial charge in [-0.2, -0.15) is 0 Å². The monoisotopic (exact) mass is 361 g/mol. The molecule has 0 unspecified atom stereocenters. The van der Waals surface area contributed by atoms with Gasteiger partial charge in [0.2, 0.25) is 5.82 Å². The summed E-state index contributed by atoms with van der Waals surface area (Å²) in [5.74, 6) is -4.30. The Morgan fingerprint density at radius 3 is 2.35 bits per heavy atom. The van der Waals surface area contributed by atoms with Crippen molar-refractivity contribution in [2.75, 3.05) is 11.5 Å². The van der Waals surface area contributed by atoms with E-state index >= 15 is 0 Å². The molecule has 0 amide bonds. The van der Waals surface area contributed by atoms with Crippen LogP contribution in [0.5, 0.6) is 0 Å². The van der Waals surface area contributed by atoms with Crippen LogP contribution in [0.3, 0.4) is 0 Å². The van der Waals surface area contributed by atoms with Crippen molar-refractivity contribution in [1.29, 1.82) is 0 Å². The minimum Gasteiger partial charge on any atom is -0.381 e. The number of rotatable bonds is 3. The largest absolute Gasteiger partial charge is 0.381 e. The minimum atomic E-state index is -1.25. The predicted octanol–water partition coefficient (Wildman–Crippen LogP) is 3.30. The second kappa shape index (κ2) is 6.31. The van der Waals surface area contributed by atoms with Gasteiger partial charge in [0.05, 0.1) is 22.4 Å². The summed E-state index contributed by atoms with van der Waals surface area (Å²) in [6, 6.07) is 6.10. The zero-order chi connectivity index (χ0) is 19.0. The fourth-order valence-corrected chi connectivity index (χ4v) is 2.44. The lowest BCUT2D eigenvalue weighted by Crippen LogP contribution is -2.05. The van der Waals surface area contributed by atoms with E-state index in [0.29, 0.717) is 6.20 Å². The highest BCUT2D eigenvalue weighted by atomic mass is 19.1. The van der Waals surface area contributed by atoms with Crippen molar-refractivity contribution in [2.24, 2.45) is 0 Å². The first-order valence-electron chi connectivity index (χ1n) is 7.11. The molecule has 0 aliphatic heterocycles. The van der Waals surface area contributed by atoms with Gasteiger partial charge in [-0.1, -0.05) is 12.1 Å². The molecule has 1 aromatic carbocycles. The highest BCUT2D eigenvalue weighted by Crippen LogP contribution is 2.39. The van der Waals surface area contributed by atoms with Gasteiger partial charge in [0.1, 0.15) is 5.82 Å². The molecule has 0 fully saturated rings. The molecule has 3 rings (SSSR count). The molecule has 3 aromatic rings. The van der Waals surface area contributed by atoms with Crippen LogP contribution < -0.4 is 11.5 Å². The quantitative estimate of drug-likeness (QED) is 0.545. The summed E-state index contributed by atoms with van der Waals surface area (Å²) in [7, 11) is 0. The number of nitro groups is 1. The maximum atomic E-state index is 14.4. The van der Waals surface area contributed by atoms with Crippen molar-refractivity contribution in [3.8, 4) is 22.4 Å². The van der Waals surface area contributed by atoms with Gasteiger partial charge in [-0.05, 0) is 12.1 Å². The average molecular weight is 361 g/mol. The van der Waals surface area contributed by atoms with E-state index in [1.54, 1.807) is 0 Å². The second-order valence-corrected chi connectivity index (χ2v) is 5.21. The zero-order valence-electron chi connectivity index (χ0n) is 12.9. The Morgan fingerprint density at radius 2 is 1.69 bits per heavy atom. The number of hydrogen-bond acceptors (Lipinski definition) is 6. The number of anilines is 2. The van der Waals surface area contributed by atoms with Crippen molar-refractivity contribution < 1.29 is 18.1 Å². The van der Waals surface area contributed by atoms with E-state index in [9.17, 15) is 23.3 Å². The number of nitrogen functional groups attached to an aromatic ring is 2. The van der Waals surface area contributed by atoms with Crippen molar-refractivity contribution in [1.82, 2.24) is 9.97 Å². The van der Waals surface area contributed by atoms with Crippen LogP contribution in [0.2, 0.25) is 0 Å². The number of benzene rings is 1. The molecule has 0 bridgehead atoms. The fraction of sp³-hybridized carbons (Fsp3) is 0. The summed E-state index contributed by atoms with van der Waals surface area (Å²) in [5.41, 5.74) is 8.74. The summed E-state index contributed by atoms with van der Waals surface area (Å²) >= 11 is 0. The van der Waals surface area contributed by atoms with Crippen LogP contribution in [0.25, 0.3) is 22.4 Å². The summed E-state index contributed by atoms with van der Waals surface area (Å²) in [6.07, 6.45) is 0.654. The van der Waals surface area contributed by atoms with E-state index < -0.39 is 45.3 Å². The molecule has 2 heterocycles. The van der Waals surface area contributed by atoms with Crippen LogP contribution in [0.4, 0.5) is 30.5 Å². The third-order valence-electron chi connectivity index (χ3n) is 3.63. The lowest BCUT2D eigenvalue weighted by Gasteiger charge is -2.13. The van der Waals surface area contributed by atoms with Crippen LogP contribution in [0.15, 0.2) is 36.5 Å². The van der Waals surface area contributed by atoms with Gasteiger partial charge in [-0.15, -0.1) is 0 Å². The second-order valence-electron chi connectivity index (χ2n) is 5.21. The van der Waals surface area contributed by atoms with E-state index in [1.165, 1.54) is 18.2 Å². The molecule has 0 spiro atoms. The number of nitrogens with two attached hydrogens (primary N) is 2. The molecule has 10 heteroatoms. The van der Waals surface area contributed by atoms with E-state index in [-0.39, 0.29) is 16.8 Å². The Hall–Kier alpha value is -3.69. The topological polar surface area (TPSA) is 121 Å². The molecule has 0 saturated carbocycles. The Kier molecular flexibility index (Phi) is 4.16. The first-order valence-corrected chi connectivity index (χ1v) is 7.11. The first kappa shape index (κ1) is 17.1. The number of hydrogen-bond donors (Lipinski definition) is 2. The molecule has 0 aliphatic rings. The third kappa shape index (κ3) is 2.77.